The van der Waals surface area contributed by atoms with Crippen molar-refractivity contribution in [3.8, 4) is 0 Å². The van der Waals surface area contributed by atoms with Crippen LogP contribution in [0.1, 0.15) is 46.5 Å². The van der Waals surface area contributed by atoms with Crippen LogP contribution in [0.5, 0.6) is 0 Å². The molecule has 0 aromatic rings. The molecule has 1 aliphatic carbocycles. The summed E-state index contributed by atoms with van der Waals surface area (Å²) in [6, 6.07) is 0. The summed E-state index contributed by atoms with van der Waals surface area (Å²) in [7, 11) is 0. The summed E-state index contributed by atoms with van der Waals surface area (Å²) in [5.41, 5.74) is -0.502. The molecule has 0 atom stereocenters. The molecule has 1 aliphatic rings. The predicted octanol–water partition coefficient (Wildman–Crippen LogP) is 3.62. The standard InChI is InChI=1S/C13H21FO2/c1-9(2)11-5-7-13(4,8-6-11)16-12(15)10(3)14/h9,11H,3,5-8H2,1-2,4H3. The molecule has 0 aromatic heterocycles. The first-order chi connectivity index (χ1) is 7.34. The van der Waals surface area contributed by atoms with Crippen molar-refractivity contribution in [1.29, 1.82) is 0 Å². The first-order valence-corrected chi connectivity index (χ1v) is 5.92. The Morgan fingerprint density at radius 3 is 2.31 bits per heavy atom. The van der Waals surface area contributed by atoms with E-state index in [1.165, 1.54) is 0 Å². The second kappa shape index (κ2) is 4.98. The molecule has 92 valence electrons. The average molecular weight is 228 g/mol. The highest BCUT2D eigenvalue weighted by atomic mass is 19.1. The van der Waals surface area contributed by atoms with Crippen molar-refractivity contribution >= 4 is 5.97 Å². The summed E-state index contributed by atoms with van der Waals surface area (Å²) in [4.78, 5) is 11.1. The molecule has 1 fully saturated rings. The van der Waals surface area contributed by atoms with Gasteiger partial charge >= 0.3 is 5.97 Å². The molecule has 1 rings (SSSR count). The van der Waals surface area contributed by atoms with Gasteiger partial charge in [-0.3, -0.25) is 0 Å². The SMILES string of the molecule is C=C(F)C(=O)OC1(C)CCC(C(C)C)CC1. The minimum atomic E-state index is -1.01. The van der Waals surface area contributed by atoms with Gasteiger partial charge in [-0.25, -0.2) is 4.79 Å². The van der Waals surface area contributed by atoms with Gasteiger partial charge in [-0.1, -0.05) is 20.4 Å². The number of hydrogen-bond donors (Lipinski definition) is 0. The van der Waals surface area contributed by atoms with E-state index in [4.69, 9.17) is 4.74 Å². The quantitative estimate of drug-likeness (QED) is 0.544. The summed E-state index contributed by atoms with van der Waals surface area (Å²) >= 11 is 0. The second-order valence-electron chi connectivity index (χ2n) is 5.33. The fourth-order valence-corrected chi connectivity index (χ4v) is 2.30. The number of hydrogen-bond acceptors (Lipinski definition) is 2. The van der Waals surface area contributed by atoms with Gasteiger partial charge in [0.1, 0.15) is 5.60 Å². The third kappa shape index (κ3) is 3.32. The number of esters is 1. The predicted molar refractivity (Wildman–Crippen MR) is 61.5 cm³/mol. The van der Waals surface area contributed by atoms with Crippen LogP contribution in [0.4, 0.5) is 4.39 Å². The lowest BCUT2D eigenvalue weighted by Crippen LogP contribution is -2.37. The lowest BCUT2D eigenvalue weighted by atomic mass is 9.75. The molecule has 1 saturated carbocycles. The van der Waals surface area contributed by atoms with E-state index >= 15 is 0 Å². The monoisotopic (exact) mass is 228 g/mol. The fourth-order valence-electron chi connectivity index (χ4n) is 2.30. The zero-order valence-corrected chi connectivity index (χ0v) is 10.4. The molecular formula is C13H21FO2. The van der Waals surface area contributed by atoms with Gasteiger partial charge in [0.05, 0.1) is 0 Å². The Hall–Kier alpha value is -0.860. The summed E-state index contributed by atoms with van der Waals surface area (Å²) in [5.74, 6) is -0.561. The van der Waals surface area contributed by atoms with Crippen molar-refractivity contribution in [1.82, 2.24) is 0 Å². The fraction of sp³-hybridized carbons (Fsp3) is 0.769. The van der Waals surface area contributed by atoms with Gasteiger partial charge in [-0.15, -0.1) is 0 Å². The zero-order chi connectivity index (χ0) is 12.3. The largest absolute Gasteiger partial charge is 0.454 e. The molecule has 16 heavy (non-hydrogen) atoms. The molecule has 2 nitrogen and oxygen atoms in total. The molecule has 0 bridgehead atoms. The van der Waals surface area contributed by atoms with Crippen LogP contribution in [-0.2, 0) is 9.53 Å². The van der Waals surface area contributed by atoms with Crippen molar-refractivity contribution in [2.75, 3.05) is 0 Å². The maximum Gasteiger partial charge on any atom is 0.367 e. The van der Waals surface area contributed by atoms with Gasteiger partial charge in [0, 0.05) is 0 Å². The third-order valence-corrected chi connectivity index (χ3v) is 3.59. The minimum Gasteiger partial charge on any atom is -0.454 e. The molecule has 0 heterocycles. The highest BCUT2D eigenvalue weighted by Crippen LogP contribution is 2.38. The Labute approximate surface area is 96.9 Å². The normalized spacial score (nSPS) is 30.2. The topological polar surface area (TPSA) is 26.3 Å². The molecule has 0 aromatic carbocycles. The Morgan fingerprint density at radius 1 is 1.44 bits per heavy atom. The Morgan fingerprint density at radius 2 is 1.94 bits per heavy atom. The number of carbonyl (C=O) groups excluding carboxylic acids is 1. The molecule has 0 N–H and O–H groups in total. The van der Waals surface area contributed by atoms with Crippen molar-refractivity contribution in [2.24, 2.45) is 11.8 Å². The number of halogens is 1. The van der Waals surface area contributed by atoms with E-state index in [1.807, 2.05) is 6.92 Å². The molecule has 0 unspecified atom stereocenters. The Kier molecular flexibility index (Phi) is 4.11. The lowest BCUT2D eigenvalue weighted by molar-refractivity contribution is -0.159. The number of rotatable bonds is 3. The summed E-state index contributed by atoms with van der Waals surface area (Å²) in [6.45, 7) is 9.26. The van der Waals surface area contributed by atoms with Crippen molar-refractivity contribution in [3.05, 3.63) is 12.4 Å². The van der Waals surface area contributed by atoms with Gasteiger partial charge in [-0.05, 0) is 44.4 Å². The maximum atomic E-state index is 12.6. The first-order valence-electron chi connectivity index (χ1n) is 5.92. The Bertz CT molecular complexity index is 276. The van der Waals surface area contributed by atoms with Crippen LogP contribution in [0, 0.1) is 11.8 Å². The Balaban J connectivity index is 2.50. The van der Waals surface area contributed by atoms with Gasteiger partial charge in [0.25, 0.3) is 0 Å². The molecule has 0 aliphatic heterocycles. The van der Waals surface area contributed by atoms with Crippen LogP contribution in [0.25, 0.3) is 0 Å². The highest BCUT2D eigenvalue weighted by Gasteiger charge is 2.35. The molecule has 0 radical (unpaired) electrons. The van der Waals surface area contributed by atoms with Crippen LogP contribution in [0.3, 0.4) is 0 Å². The van der Waals surface area contributed by atoms with E-state index in [9.17, 15) is 9.18 Å². The van der Waals surface area contributed by atoms with Crippen LogP contribution < -0.4 is 0 Å². The minimum absolute atomic E-state index is 0.502. The zero-order valence-electron chi connectivity index (χ0n) is 10.4. The summed E-state index contributed by atoms with van der Waals surface area (Å²) in [5, 5.41) is 0. The summed E-state index contributed by atoms with van der Waals surface area (Å²) < 4.78 is 17.7. The highest BCUT2D eigenvalue weighted by molar-refractivity contribution is 5.85. The van der Waals surface area contributed by atoms with Gasteiger partial charge in [0.15, 0.2) is 0 Å². The van der Waals surface area contributed by atoms with Crippen LogP contribution >= 0.6 is 0 Å². The maximum absolute atomic E-state index is 12.6. The van der Waals surface area contributed by atoms with Gasteiger partial charge in [-0.2, -0.15) is 4.39 Å². The second-order valence-corrected chi connectivity index (χ2v) is 5.33. The van der Waals surface area contributed by atoms with E-state index in [1.54, 1.807) is 0 Å². The van der Waals surface area contributed by atoms with Gasteiger partial charge < -0.3 is 4.74 Å². The summed E-state index contributed by atoms with van der Waals surface area (Å²) in [6.07, 6.45) is 3.71. The number of ether oxygens (including phenoxy) is 1. The van der Waals surface area contributed by atoms with E-state index < -0.39 is 17.4 Å². The smallest absolute Gasteiger partial charge is 0.367 e. The molecule has 0 amide bonds. The van der Waals surface area contributed by atoms with Crippen molar-refractivity contribution in [2.45, 2.75) is 52.1 Å². The van der Waals surface area contributed by atoms with E-state index in [2.05, 4.69) is 20.4 Å². The lowest BCUT2D eigenvalue weighted by Gasteiger charge is -2.38. The average Bonchev–Trinajstić information content (AvgIpc) is 2.17. The van der Waals surface area contributed by atoms with Crippen LogP contribution in [0.2, 0.25) is 0 Å². The van der Waals surface area contributed by atoms with Gasteiger partial charge in [0.2, 0.25) is 5.83 Å². The number of carbonyl (C=O) groups is 1. The van der Waals surface area contributed by atoms with Crippen LogP contribution in [0.15, 0.2) is 12.4 Å². The van der Waals surface area contributed by atoms with E-state index in [0.29, 0.717) is 11.8 Å². The van der Waals surface area contributed by atoms with Crippen molar-refractivity contribution in [3.63, 3.8) is 0 Å². The molecule has 0 saturated heterocycles. The molecule has 3 heteroatoms. The van der Waals surface area contributed by atoms with E-state index in [-0.39, 0.29) is 0 Å². The third-order valence-electron chi connectivity index (χ3n) is 3.59. The van der Waals surface area contributed by atoms with Crippen molar-refractivity contribution < 1.29 is 13.9 Å². The molecule has 0 spiro atoms. The first kappa shape index (κ1) is 13.2. The van der Waals surface area contributed by atoms with E-state index in [0.717, 1.165) is 25.7 Å². The van der Waals surface area contributed by atoms with Crippen LogP contribution in [-0.4, -0.2) is 11.6 Å². The molecular weight excluding hydrogens is 207 g/mol.